The smallest absolute Gasteiger partial charge is 0.337 e. The van der Waals surface area contributed by atoms with Crippen molar-refractivity contribution in [2.45, 2.75) is 25.8 Å². The third-order valence-corrected chi connectivity index (χ3v) is 4.27. The number of esters is 1. The first-order chi connectivity index (χ1) is 10.2. The van der Waals surface area contributed by atoms with Crippen LogP contribution in [-0.4, -0.2) is 44.7 Å². The number of methoxy groups -OCH3 is 1. The van der Waals surface area contributed by atoms with E-state index in [4.69, 9.17) is 4.74 Å². The van der Waals surface area contributed by atoms with E-state index >= 15 is 0 Å². The van der Waals surface area contributed by atoms with Gasteiger partial charge in [-0.15, -0.1) is 0 Å². The van der Waals surface area contributed by atoms with Crippen molar-refractivity contribution in [2.24, 2.45) is 5.92 Å². The van der Waals surface area contributed by atoms with Crippen molar-refractivity contribution in [1.29, 1.82) is 0 Å². The van der Waals surface area contributed by atoms with Gasteiger partial charge in [-0.25, -0.2) is 4.79 Å². The van der Waals surface area contributed by atoms with Gasteiger partial charge in [0.05, 0.1) is 12.7 Å². The third kappa shape index (κ3) is 5.14. The van der Waals surface area contributed by atoms with Crippen molar-refractivity contribution in [3.8, 4) is 0 Å². The van der Waals surface area contributed by atoms with Crippen LogP contribution >= 0.6 is 0 Å². The molecule has 0 unspecified atom stereocenters. The van der Waals surface area contributed by atoms with Crippen LogP contribution in [0.25, 0.3) is 0 Å². The fourth-order valence-electron chi connectivity index (χ4n) is 2.77. The molecule has 0 saturated carbocycles. The Kier molecular flexibility index (Phi) is 6.21. The highest BCUT2D eigenvalue weighted by atomic mass is 16.5. The van der Waals surface area contributed by atoms with Gasteiger partial charge >= 0.3 is 5.97 Å². The molecule has 0 spiro atoms. The highest BCUT2D eigenvalue weighted by molar-refractivity contribution is 5.89. The third-order valence-electron chi connectivity index (χ3n) is 4.27. The molecular weight excluding hydrogens is 264 g/mol. The molecule has 1 heterocycles. The minimum Gasteiger partial charge on any atom is -0.465 e. The van der Waals surface area contributed by atoms with Crippen LogP contribution in [0, 0.1) is 5.92 Å². The summed E-state index contributed by atoms with van der Waals surface area (Å²) in [5.74, 6) is 0.590. The molecular formula is C17H26N2O2. The molecule has 0 radical (unpaired) electrons. The molecule has 1 N–H and O–H groups in total. The van der Waals surface area contributed by atoms with E-state index in [0.717, 1.165) is 19.0 Å². The lowest BCUT2D eigenvalue weighted by atomic mass is 9.94. The summed E-state index contributed by atoms with van der Waals surface area (Å²) in [6, 6.07) is 7.60. The Morgan fingerprint density at radius 3 is 2.57 bits per heavy atom. The van der Waals surface area contributed by atoms with Gasteiger partial charge in [-0.3, -0.25) is 0 Å². The lowest BCUT2D eigenvalue weighted by molar-refractivity contribution is 0.0600. The minimum absolute atomic E-state index is 0.281. The summed E-state index contributed by atoms with van der Waals surface area (Å²) in [7, 11) is 3.60. The van der Waals surface area contributed by atoms with Crippen LogP contribution in [0.3, 0.4) is 0 Å². The first-order valence-electron chi connectivity index (χ1n) is 7.75. The first-order valence-corrected chi connectivity index (χ1v) is 7.75. The number of carbonyl (C=O) groups is 1. The molecule has 1 aliphatic rings. The SMILES string of the molecule is COC(=O)c1ccc(CNCCC2CCN(C)CC2)cc1. The molecule has 116 valence electrons. The fourth-order valence-corrected chi connectivity index (χ4v) is 2.77. The van der Waals surface area contributed by atoms with Crippen molar-refractivity contribution in [2.75, 3.05) is 33.8 Å². The molecule has 0 amide bonds. The Morgan fingerprint density at radius 2 is 1.95 bits per heavy atom. The molecule has 1 saturated heterocycles. The zero-order valence-electron chi connectivity index (χ0n) is 13.1. The quantitative estimate of drug-likeness (QED) is 0.645. The standard InChI is InChI=1S/C17H26N2O2/c1-19-11-8-14(9-12-19)7-10-18-13-15-3-5-16(6-4-15)17(20)21-2/h3-6,14,18H,7-13H2,1-2H3. The lowest BCUT2D eigenvalue weighted by Gasteiger charge is -2.28. The van der Waals surface area contributed by atoms with Crippen LogP contribution in [-0.2, 0) is 11.3 Å². The second kappa shape index (κ2) is 8.15. The molecule has 0 aromatic heterocycles. The number of nitrogens with zero attached hydrogens (tertiary/aromatic N) is 1. The second-order valence-corrected chi connectivity index (χ2v) is 5.90. The Labute approximate surface area is 127 Å². The van der Waals surface area contributed by atoms with Gasteiger partial charge in [0.1, 0.15) is 0 Å². The Balaban J connectivity index is 1.65. The van der Waals surface area contributed by atoms with Gasteiger partial charge in [-0.05, 0) is 69.6 Å². The zero-order chi connectivity index (χ0) is 15.1. The number of rotatable bonds is 6. The summed E-state index contributed by atoms with van der Waals surface area (Å²) < 4.78 is 4.69. The molecule has 1 aromatic carbocycles. The van der Waals surface area contributed by atoms with Crippen LogP contribution in [0.15, 0.2) is 24.3 Å². The summed E-state index contributed by atoms with van der Waals surface area (Å²) in [5.41, 5.74) is 1.80. The van der Waals surface area contributed by atoms with E-state index < -0.39 is 0 Å². The minimum atomic E-state index is -0.281. The van der Waals surface area contributed by atoms with Gasteiger partial charge in [-0.1, -0.05) is 12.1 Å². The van der Waals surface area contributed by atoms with Gasteiger partial charge in [0.25, 0.3) is 0 Å². The maximum Gasteiger partial charge on any atom is 0.337 e. The molecule has 1 aromatic rings. The van der Waals surface area contributed by atoms with E-state index in [1.54, 1.807) is 0 Å². The molecule has 4 nitrogen and oxygen atoms in total. The van der Waals surface area contributed by atoms with Crippen LogP contribution in [0.2, 0.25) is 0 Å². The predicted octanol–water partition coefficient (Wildman–Crippen LogP) is 2.29. The molecule has 0 atom stereocenters. The van der Waals surface area contributed by atoms with Gasteiger partial charge < -0.3 is 15.0 Å². The summed E-state index contributed by atoms with van der Waals surface area (Å²) in [6.07, 6.45) is 3.91. The topological polar surface area (TPSA) is 41.6 Å². The number of benzene rings is 1. The molecule has 4 heteroatoms. The number of hydrogen-bond acceptors (Lipinski definition) is 4. The van der Waals surface area contributed by atoms with Gasteiger partial charge in [0.2, 0.25) is 0 Å². The fraction of sp³-hybridized carbons (Fsp3) is 0.588. The van der Waals surface area contributed by atoms with Crippen molar-refractivity contribution in [3.05, 3.63) is 35.4 Å². The average molecular weight is 290 g/mol. The molecule has 1 aliphatic heterocycles. The van der Waals surface area contributed by atoms with Crippen LogP contribution in [0.1, 0.15) is 35.2 Å². The van der Waals surface area contributed by atoms with Crippen molar-refractivity contribution in [1.82, 2.24) is 10.2 Å². The van der Waals surface area contributed by atoms with Gasteiger partial charge in [0, 0.05) is 6.54 Å². The number of carbonyl (C=O) groups excluding carboxylic acids is 1. The summed E-state index contributed by atoms with van der Waals surface area (Å²) in [6.45, 7) is 4.39. The Bertz CT molecular complexity index is 437. The average Bonchev–Trinajstić information content (AvgIpc) is 2.53. The number of piperidine rings is 1. The summed E-state index contributed by atoms with van der Waals surface area (Å²) in [4.78, 5) is 13.8. The monoisotopic (exact) mass is 290 g/mol. The number of ether oxygens (including phenoxy) is 1. The van der Waals surface area contributed by atoms with E-state index in [9.17, 15) is 4.79 Å². The largest absolute Gasteiger partial charge is 0.465 e. The lowest BCUT2D eigenvalue weighted by Crippen LogP contribution is -2.31. The van der Waals surface area contributed by atoms with Crippen LogP contribution in [0.4, 0.5) is 0 Å². The normalized spacial score (nSPS) is 16.9. The van der Waals surface area contributed by atoms with E-state index in [1.165, 1.54) is 45.0 Å². The number of likely N-dealkylation sites (tertiary alicyclic amines) is 1. The molecule has 1 fully saturated rings. The second-order valence-electron chi connectivity index (χ2n) is 5.90. The molecule has 0 bridgehead atoms. The molecule has 0 aliphatic carbocycles. The highest BCUT2D eigenvalue weighted by Crippen LogP contribution is 2.18. The number of hydrogen-bond donors (Lipinski definition) is 1. The van der Waals surface area contributed by atoms with E-state index in [-0.39, 0.29) is 5.97 Å². The van der Waals surface area contributed by atoms with Crippen molar-refractivity contribution in [3.63, 3.8) is 0 Å². The molecule has 2 rings (SSSR count). The van der Waals surface area contributed by atoms with Gasteiger partial charge in [0.15, 0.2) is 0 Å². The van der Waals surface area contributed by atoms with Crippen molar-refractivity contribution >= 4 is 5.97 Å². The molecule has 21 heavy (non-hydrogen) atoms. The highest BCUT2D eigenvalue weighted by Gasteiger charge is 2.15. The van der Waals surface area contributed by atoms with E-state index in [1.807, 2.05) is 24.3 Å². The maximum absolute atomic E-state index is 11.3. The predicted molar refractivity (Wildman–Crippen MR) is 84.3 cm³/mol. The van der Waals surface area contributed by atoms with E-state index in [0.29, 0.717) is 5.56 Å². The Hall–Kier alpha value is -1.39. The van der Waals surface area contributed by atoms with Crippen LogP contribution < -0.4 is 5.32 Å². The maximum atomic E-state index is 11.3. The zero-order valence-corrected chi connectivity index (χ0v) is 13.1. The first kappa shape index (κ1) is 16.0. The van der Waals surface area contributed by atoms with Gasteiger partial charge in [-0.2, -0.15) is 0 Å². The van der Waals surface area contributed by atoms with Crippen LogP contribution in [0.5, 0.6) is 0 Å². The number of nitrogens with one attached hydrogen (secondary N) is 1. The summed E-state index contributed by atoms with van der Waals surface area (Å²) >= 11 is 0. The van der Waals surface area contributed by atoms with Crippen molar-refractivity contribution < 1.29 is 9.53 Å². The Morgan fingerprint density at radius 1 is 1.29 bits per heavy atom. The summed E-state index contributed by atoms with van der Waals surface area (Å²) in [5, 5.41) is 3.49. The van der Waals surface area contributed by atoms with E-state index in [2.05, 4.69) is 17.3 Å².